The normalized spacial score (nSPS) is 50.7. The number of allylic oxidation sites excluding steroid dienone is 1. The maximum absolute atomic E-state index is 12.3. The summed E-state index contributed by atoms with van der Waals surface area (Å²) in [6.45, 7) is 6.09. The maximum Gasteiger partial charge on any atom is 0.405 e. The molecule has 1 aliphatic heterocycles. The van der Waals surface area contributed by atoms with Crippen LogP contribution in [0.2, 0.25) is 0 Å². The van der Waals surface area contributed by atoms with Crippen LogP contribution in [-0.2, 0) is 23.6 Å². The lowest BCUT2D eigenvalue weighted by molar-refractivity contribution is -0.294. The maximum atomic E-state index is 12.3. The van der Waals surface area contributed by atoms with Crippen LogP contribution < -0.4 is 0 Å². The summed E-state index contributed by atoms with van der Waals surface area (Å²) in [5, 5.41) is 10.4. The van der Waals surface area contributed by atoms with Crippen molar-refractivity contribution in [3.8, 4) is 0 Å². The first-order chi connectivity index (χ1) is 13.0. The van der Waals surface area contributed by atoms with E-state index in [0.717, 1.165) is 37.7 Å². The molecule has 6 nitrogen and oxygen atoms in total. The number of hydrogen-bond acceptors (Lipinski definition) is 6. The Morgan fingerprint density at radius 3 is 2.54 bits per heavy atom. The van der Waals surface area contributed by atoms with Gasteiger partial charge in [-0.15, -0.1) is 0 Å². The van der Waals surface area contributed by atoms with Gasteiger partial charge in [-0.25, -0.2) is 8.37 Å². The largest absolute Gasteiger partial charge is 0.405 e. The van der Waals surface area contributed by atoms with Gasteiger partial charge in [-0.2, -0.15) is 8.42 Å². The second kappa shape index (κ2) is 5.68. The molecule has 1 N–H and O–H groups in total. The number of aliphatic hydroxyl groups is 1. The molecule has 5 aliphatic rings. The Kier molecular flexibility index (Phi) is 3.90. The van der Waals surface area contributed by atoms with Crippen molar-refractivity contribution < 1.29 is 26.7 Å². The Labute approximate surface area is 167 Å². The van der Waals surface area contributed by atoms with E-state index in [9.17, 15) is 18.3 Å². The molecule has 156 valence electrons. The summed E-state index contributed by atoms with van der Waals surface area (Å²) in [7, 11) is -3.97. The molecule has 3 unspecified atom stereocenters. The van der Waals surface area contributed by atoms with Gasteiger partial charge in [0.05, 0.1) is 6.10 Å². The van der Waals surface area contributed by atoms with Gasteiger partial charge in [0, 0.05) is 17.8 Å². The minimum Gasteiger partial charge on any atom is -0.393 e. The molecule has 7 atom stereocenters. The van der Waals surface area contributed by atoms with Gasteiger partial charge in [-0.3, -0.25) is 4.79 Å². The number of aliphatic hydroxyl groups excluding tert-OH is 1. The first-order valence-corrected chi connectivity index (χ1v) is 11.9. The molecule has 4 aliphatic carbocycles. The van der Waals surface area contributed by atoms with Crippen LogP contribution in [0.5, 0.6) is 0 Å². The van der Waals surface area contributed by atoms with E-state index in [1.165, 1.54) is 0 Å². The van der Waals surface area contributed by atoms with E-state index in [-0.39, 0.29) is 23.7 Å². The molecule has 1 spiro atoms. The molecule has 7 heteroatoms. The number of Topliss-reactive ketones (excluding diaryl/α,β-unsaturated/α-hetero) is 1. The Balaban J connectivity index is 1.56. The average molecular weight is 411 g/mol. The number of carbonyl (C=O) groups is 1. The molecule has 1 saturated heterocycles. The highest BCUT2D eigenvalue weighted by molar-refractivity contribution is 7.82. The highest BCUT2D eigenvalue weighted by Gasteiger charge is 2.72. The van der Waals surface area contributed by atoms with Crippen molar-refractivity contribution in [3.63, 3.8) is 0 Å². The van der Waals surface area contributed by atoms with Crippen LogP contribution in [-0.4, -0.2) is 31.2 Å². The van der Waals surface area contributed by atoms with Gasteiger partial charge in [-0.05, 0) is 68.6 Å². The number of carbonyl (C=O) groups excluding carboxylic acids is 1. The van der Waals surface area contributed by atoms with E-state index >= 15 is 0 Å². The fourth-order valence-corrected chi connectivity index (χ4v) is 9.13. The van der Waals surface area contributed by atoms with Crippen LogP contribution in [0.15, 0.2) is 11.6 Å². The van der Waals surface area contributed by atoms with Crippen molar-refractivity contribution in [1.82, 2.24) is 0 Å². The van der Waals surface area contributed by atoms with Crippen LogP contribution >= 0.6 is 0 Å². The fourth-order valence-electron chi connectivity index (χ4n) is 7.98. The molecule has 0 bridgehead atoms. The van der Waals surface area contributed by atoms with Gasteiger partial charge in [-0.1, -0.05) is 25.5 Å². The Morgan fingerprint density at radius 1 is 1.18 bits per heavy atom. The highest BCUT2D eigenvalue weighted by atomic mass is 32.3. The van der Waals surface area contributed by atoms with Crippen molar-refractivity contribution in [2.75, 3.05) is 0 Å². The van der Waals surface area contributed by atoms with Gasteiger partial charge >= 0.3 is 10.4 Å². The lowest BCUT2D eigenvalue weighted by atomic mass is 9.46. The third-order valence-electron chi connectivity index (χ3n) is 9.20. The minimum atomic E-state index is -3.97. The molecule has 0 amide bonds. The monoisotopic (exact) mass is 410 g/mol. The molecule has 0 aromatic heterocycles. The molecule has 5 rings (SSSR count). The third-order valence-corrected chi connectivity index (χ3v) is 10.1. The van der Waals surface area contributed by atoms with E-state index in [1.54, 1.807) is 6.92 Å². The van der Waals surface area contributed by atoms with Crippen molar-refractivity contribution in [2.45, 2.75) is 77.6 Å². The molecule has 3 saturated carbocycles. The fraction of sp³-hybridized carbons (Fsp3) is 0.857. The topological polar surface area (TPSA) is 89.9 Å². The van der Waals surface area contributed by atoms with Gasteiger partial charge < -0.3 is 5.11 Å². The van der Waals surface area contributed by atoms with E-state index < -0.39 is 27.7 Å². The van der Waals surface area contributed by atoms with Gasteiger partial charge in [0.25, 0.3) is 0 Å². The van der Waals surface area contributed by atoms with Crippen molar-refractivity contribution in [1.29, 1.82) is 0 Å². The van der Waals surface area contributed by atoms with Crippen molar-refractivity contribution in [3.05, 3.63) is 11.6 Å². The second-order valence-corrected chi connectivity index (χ2v) is 11.4. The summed E-state index contributed by atoms with van der Waals surface area (Å²) in [4.78, 5) is 12.3. The SMILES string of the molecule is CC(=O)[C@H]1CCC2C3CC=C4C[C@H](O)CC5(OS(=O)(=O)O5)[C@]4(C)C3CC[C@@]21C. The standard InChI is InChI=1S/C21H30O6S/c1-12(22)16-6-7-17-15-5-4-13-10-14(23)11-21(26-28(24,25)27-21)20(13,3)18(15)8-9-19(16,17)2/h4,14-18,23H,5-11H2,1-3H3/t14-,15?,16+,17?,18?,19+,20-/m0/s1. The lowest BCUT2D eigenvalue weighted by Gasteiger charge is -2.64. The Hall–Kier alpha value is -0.760. The zero-order valence-electron chi connectivity index (χ0n) is 16.8. The van der Waals surface area contributed by atoms with Gasteiger partial charge in [0.1, 0.15) is 5.78 Å². The second-order valence-electron chi connectivity index (χ2n) is 10.2. The van der Waals surface area contributed by atoms with Gasteiger partial charge in [0.15, 0.2) is 0 Å². The Bertz CT molecular complexity index is 850. The van der Waals surface area contributed by atoms with Crippen LogP contribution in [0.1, 0.15) is 65.7 Å². The summed E-state index contributed by atoms with van der Waals surface area (Å²) in [5.41, 5.74) is 0.548. The minimum absolute atomic E-state index is 0.0312. The van der Waals surface area contributed by atoms with Crippen LogP contribution in [0.4, 0.5) is 0 Å². The summed E-state index contributed by atoms with van der Waals surface area (Å²) in [5.74, 6) is 0.227. The first-order valence-electron chi connectivity index (χ1n) is 10.6. The van der Waals surface area contributed by atoms with Crippen LogP contribution in [0, 0.1) is 34.5 Å². The number of ketones is 1. The number of rotatable bonds is 1. The van der Waals surface area contributed by atoms with E-state index in [1.807, 2.05) is 0 Å². The average Bonchev–Trinajstić information content (AvgIpc) is 2.92. The summed E-state index contributed by atoms with van der Waals surface area (Å²) >= 11 is 0. The predicted molar refractivity (Wildman–Crippen MR) is 101 cm³/mol. The lowest BCUT2D eigenvalue weighted by Crippen LogP contribution is -2.69. The van der Waals surface area contributed by atoms with E-state index in [4.69, 9.17) is 8.37 Å². The third kappa shape index (κ3) is 2.25. The summed E-state index contributed by atoms with van der Waals surface area (Å²) in [6, 6.07) is 0. The molecule has 1 heterocycles. The predicted octanol–water partition coefficient (Wildman–Crippen LogP) is 3.11. The van der Waals surface area contributed by atoms with Crippen LogP contribution in [0.3, 0.4) is 0 Å². The van der Waals surface area contributed by atoms with Gasteiger partial charge in [0.2, 0.25) is 5.79 Å². The highest BCUT2D eigenvalue weighted by Crippen LogP contribution is 2.70. The number of hydrogen-bond donors (Lipinski definition) is 1. The molecule has 28 heavy (non-hydrogen) atoms. The van der Waals surface area contributed by atoms with E-state index in [2.05, 4.69) is 19.9 Å². The molecule has 0 aromatic rings. The summed E-state index contributed by atoms with van der Waals surface area (Å²) < 4.78 is 34.5. The smallest absolute Gasteiger partial charge is 0.393 e. The van der Waals surface area contributed by atoms with Crippen LogP contribution in [0.25, 0.3) is 0 Å². The van der Waals surface area contributed by atoms with Crippen molar-refractivity contribution >= 4 is 16.2 Å². The quantitative estimate of drug-likeness (QED) is 0.668. The molecular formula is C21H30O6S. The first kappa shape index (κ1) is 19.2. The molecule has 0 radical (unpaired) electrons. The zero-order chi connectivity index (χ0) is 20.1. The molecule has 4 fully saturated rings. The Morgan fingerprint density at radius 2 is 1.89 bits per heavy atom. The number of fused-ring (bicyclic) bond motifs is 6. The molecular weight excluding hydrogens is 380 g/mol. The summed E-state index contributed by atoms with van der Waals surface area (Å²) in [6.07, 6.45) is 7.11. The van der Waals surface area contributed by atoms with Crippen molar-refractivity contribution in [2.24, 2.45) is 34.5 Å². The van der Waals surface area contributed by atoms with E-state index in [0.29, 0.717) is 24.0 Å². The molecule has 0 aromatic carbocycles. The zero-order valence-corrected chi connectivity index (χ0v) is 17.6.